The number of Topliss-reactive ketones (excluding diaryl/α,β-unsaturated/α-hetero) is 2. The Labute approximate surface area is 109 Å². The van der Waals surface area contributed by atoms with Gasteiger partial charge in [0.1, 0.15) is 5.78 Å². The van der Waals surface area contributed by atoms with E-state index in [2.05, 4.69) is 0 Å². The molecule has 2 fully saturated rings. The number of alkyl halides is 2. The maximum absolute atomic E-state index is 13.3. The number of ketones is 2. The summed E-state index contributed by atoms with van der Waals surface area (Å²) in [6.45, 7) is 0. The quantitative estimate of drug-likeness (QED) is 0.793. The van der Waals surface area contributed by atoms with Gasteiger partial charge in [0.25, 0.3) is 0 Å². The lowest BCUT2D eigenvalue weighted by Crippen LogP contribution is -2.49. The van der Waals surface area contributed by atoms with Gasteiger partial charge in [-0.25, -0.2) is 0 Å². The molecule has 0 aliphatic heterocycles. The summed E-state index contributed by atoms with van der Waals surface area (Å²) >= 11 is 0. The van der Waals surface area contributed by atoms with E-state index in [9.17, 15) is 26.8 Å². The second kappa shape index (κ2) is 4.59. The third kappa shape index (κ3) is 2.31. The van der Waals surface area contributed by atoms with Crippen molar-refractivity contribution in [2.75, 3.05) is 0 Å². The molecule has 3 atom stereocenters. The van der Waals surface area contributed by atoms with Crippen LogP contribution in [0.2, 0.25) is 0 Å². The second-order valence-corrected chi connectivity index (χ2v) is 6.63. The van der Waals surface area contributed by atoms with Crippen LogP contribution < -0.4 is 0 Å². The van der Waals surface area contributed by atoms with Crippen molar-refractivity contribution in [3.63, 3.8) is 0 Å². The van der Waals surface area contributed by atoms with Crippen molar-refractivity contribution in [2.45, 2.75) is 37.4 Å². The van der Waals surface area contributed by atoms with Gasteiger partial charge in [-0.05, 0) is 31.6 Å². The minimum absolute atomic E-state index is 0.0438. The smallest absolute Gasteiger partial charge is 0.299 e. The lowest BCUT2D eigenvalue weighted by Gasteiger charge is -2.39. The summed E-state index contributed by atoms with van der Waals surface area (Å²) in [5.74, 6) is -3.90. The molecule has 0 aromatic rings. The number of hydrogen-bond donors (Lipinski definition) is 1. The van der Waals surface area contributed by atoms with Gasteiger partial charge in [-0.15, -0.1) is 0 Å². The highest BCUT2D eigenvalue weighted by Crippen LogP contribution is 2.47. The third-order valence-corrected chi connectivity index (χ3v) is 4.99. The molecule has 0 spiro atoms. The van der Waals surface area contributed by atoms with Crippen molar-refractivity contribution in [2.24, 2.45) is 17.8 Å². The number of halogens is 2. The van der Waals surface area contributed by atoms with Crippen LogP contribution >= 0.6 is 0 Å². The van der Waals surface area contributed by atoms with E-state index >= 15 is 0 Å². The van der Waals surface area contributed by atoms with Crippen LogP contribution in [0.25, 0.3) is 0 Å². The van der Waals surface area contributed by atoms with Crippen LogP contribution in [0, 0.1) is 17.8 Å². The highest BCUT2D eigenvalue weighted by atomic mass is 32.2. The summed E-state index contributed by atoms with van der Waals surface area (Å²) in [7, 11) is -5.75. The first-order chi connectivity index (χ1) is 8.66. The summed E-state index contributed by atoms with van der Waals surface area (Å²) < 4.78 is 56.1. The van der Waals surface area contributed by atoms with Gasteiger partial charge in [-0.1, -0.05) is 0 Å². The second-order valence-electron chi connectivity index (χ2n) is 5.17. The lowest BCUT2D eigenvalue weighted by atomic mass is 9.64. The maximum Gasteiger partial charge on any atom is 0.426 e. The van der Waals surface area contributed by atoms with Crippen molar-refractivity contribution < 1.29 is 31.3 Å². The Morgan fingerprint density at radius 3 is 2.26 bits per heavy atom. The van der Waals surface area contributed by atoms with Crippen molar-refractivity contribution in [3.8, 4) is 0 Å². The van der Waals surface area contributed by atoms with Gasteiger partial charge in [0.05, 0.1) is 0 Å². The van der Waals surface area contributed by atoms with E-state index in [0.717, 1.165) is 0 Å². The van der Waals surface area contributed by atoms with Crippen LogP contribution in [-0.4, -0.2) is 29.8 Å². The van der Waals surface area contributed by atoms with E-state index in [-0.39, 0.29) is 12.2 Å². The zero-order valence-corrected chi connectivity index (χ0v) is 10.8. The Bertz CT molecular complexity index is 513. The van der Waals surface area contributed by atoms with Crippen molar-refractivity contribution in [3.05, 3.63) is 0 Å². The number of carbonyl (C=O) groups is 2. The molecule has 8 heteroatoms. The molecular formula is C11H14F2O5S. The van der Waals surface area contributed by atoms with Crippen molar-refractivity contribution in [1.82, 2.24) is 0 Å². The Balaban J connectivity index is 2.15. The monoisotopic (exact) mass is 296 g/mol. The molecule has 0 heterocycles. The normalized spacial score (nSPS) is 32.2. The number of carbonyl (C=O) groups excluding carboxylic acids is 2. The standard InChI is InChI=1S/C11H14F2O5S/c12-11(13,19(16,17)18)10(15)8-5-4-6(8)7-2-1-3-9(7)14/h6-8H,1-5H2,(H,16,17,18)/t6?,7?,8-/m0/s1. The summed E-state index contributed by atoms with van der Waals surface area (Å²) in [5.41, 5.74) is 0. The molecule has 2 unspecified atom stereocenters. The highest BCUT2D eigenvalue weighted by molar-refractivity contribution is 7.87. The van der Waals surface area contributed by atoms with Gasteiger partial charge in [0.15, 0.2) is 0 Å². The zero-order valence-electron chi connectivity index (χ0n) is 10.0. The maximum atomic E-state index is 13.3. The first kappa shape index (κ1) is 14.5. The zero-order chi connectivity index (χ0) is 14.4. The molecule has 1 N–H and O–H groups in total. The lowest BCUT2D eigenvalue weighted by molar-refractivity contribution is -0.146. The van der Waals surface area contributed by atoms with Gasteiger partial charge in [0.2, 0.25) is 5.78 Å². The highest BCUT2D eigenvalue weighted by Gasteiger charge is 2.58. The van der Waals surface area contributed by atoms with Gasteiger partial charge in [-0.2, -0.15) is 17.2 Å². The SMILES string of the molecule is O=C1CCCC1C1CC[C@@H]1C(=O)C(F)(F)S(=O)(=O)O. The fourth-order valence-electron chi connectivity index (χ4n) is 2.97. The van der Waals surface area contributed by atoms with E-state index in [1.807, 2.05) is 0 Å². The van der Waals surface area contributed by atoms with Gasteiger partial charge in [0, 0.05) is 18.3 Å². The van der Waals surface area contributed by atoms with Crippen LogP contribution in [0.4, 0.5) is 8.78 Å². The Morgan fingerprint density at radius 1 is 1.26 bits per heavy atom. The van der Waals surface area contributed by atoms with E-state index in [1.54, 1.807) is 0 Å². The Morgan fingerprint density at radius 2 is 1.89 bits per heavy atom. The van der Waals surface area contributed by atoms with Gasteiger partial charge >= 0.3 is 15.4 Å². The predicted molar refractivity (Wildman–Crippen MR) is 60.1 cm³/mol. The summed E-state index contributed by atoms with van der Waals surface area (Å²) in [6.07, 6.45) is 2.23. The molecule has 0 bridgehead atoms. The molecule has 0 saturated heterocycles. The largest absolute Gasteiger partial charge is 0.426 e. The van der Waals surface area contributed by atoms with E-state index < -0.39 is 38.9 Å². The third-order valence-electron chi connectivity index (χ3n) is 4.14. The molecule has 5 nitrogen and oxygen atoms in total. The molecule has 0 radical (unpaired) electrons. The van der Waals surface area contributed by atoms with E-state index in [1.165, 1.54) is 0 Å². The fraction of sp³-hybridized carbons (Fsp3) is 0.818. The molecule has 2 aliphatic rings. The fourth-order valence-corrected chi connectivity index (χ4v) is 3.38. The van der Waals surface area contributed by atoms with Crippen LogP contribution in [0.3, 0.4) is 0 Å². The first-order valence-corrected chi connectivity index (χ1v) is 7.52. The Kier molecular flexibility index (Phi) is 3.51. The summed E-state index contributed by atoms with van der Waals surface area (Å²) in [5, 5.41) is -4.78. The van der Waals surface area contributed by atoms with E-state index in [4.69, 9.17) is 4.55 Å². The number of hydrogen-bond acceptors (Lipinski definition) is 4. The minimum Gasteiger partial charge on any atom is -0.299 e. The van der Waals surface area contributed by atoms with Crippen molar-refractivity contribution >= 4 is 21.7 Å². The van der Waals surface area contributed by atoms with Gasteiger partial charge < -0.3 is 0 Å². The minimum atomic E-state index is -5.75. The van der Waals surface area contributed by atoms with Gasteiger partial charge in [-0.3, -0.25) is 14.1 Å². The molecule has 108 valence electrons. The predicted octanol–water partition coefficient (Wildman–Crippen LogP) is 1.43. The van der Waals surface area contributed by atoms with E-state index in [0.29, 0.717) is 25.7 Å². The van der Waals surface area contributed by atoms with Crippen LogP contribution in [-0.2, 0) is 19.7 Å². The number of rotatable bonds is 4. The average molecular weight is 296 g/mol. The molecule has 2 saturated carbocycles. The molecule has 2 rings (SSSR count). The molecule has 0 aromatic heterocycles. The summed E-state index contributed by atoms with van der Waals surface area (Å²) in [6, 6.07) is 0. The molecule has 19 heavy (non-hydrogen) atoms. The van der Waals surface area contributed by atoms with Crippen LogP contribution in [0.15, 0.2) is 0 Å². The van der Waals surface area contributed by atoms with Crippen LogP contribution in [0.5, 0.6) is 0 Å². The topological polar surface area (TPSA) is 88.5 Å². The molecule has 0 aromatic carbocycles. The molecule has 0 amide bonds. The Hall–Kier alpha value is -0.890. The average Bonchev–Trinajstić information content (AvgIpc) is 2.61. The van der Waals surface area contributed by atoms with Crippen molar-refractivity contribution in [1.29, 1.82) is 0 Å². The molecular weight excluding hydrogens is 282 g/mol. The summed E-state index contributed by atoms with van der Waals surface area (Å²) in [4.78, 5) is 23.1. The first-order valence-electron chi connectivity index (χ1n) is 6.08. The van der Waals surface area contributed by atoms with Crippen LogP contribution in [0.1, 0.15) is 32.1 Å². The molecule has 2 aliphatic carbocycles.